The van der Waals surface area contributed by atoms with Crippen molar-refractivity contribution >= 4 is 23.6 Å². The fraction of sp³-hybridized carbons (Fsp3) is 0.364. The first-order chi connectivity index (χ1) is 13.1. The van der Waals surface area contributed by atoms with Crippen molar-refractivity contribution in [3.05, 3.63) is 71.8 Å². The van der Waals surface area contributed by atoms with Crippen molar-refractivity contribution in [3.8, 4) is 0 Å². The van der Waals surface area contributed by atoms with Gasteiger partial charge in [-0.05, 0) is 23.6 Å². The van der Waals surface area contributed by atoms with Crippen LogP contribution in [0.5, 0.6) is 0 Å². The highest BCUT2D eigenvalue weighted by Crippen LogP contribution is 2.12. The van der Waals surface area contributed by atoms with Crippen LogP contribution in [0.4, 0.5) is 0 Å². The molecule has 0 heterocycles. The summed E-state index contributed by atoms with van der Waals surface area (Å²) in [5, 5.41) is 5.86. The molecule has 144 valence electrons. The third-order valence-corrected chi connectivity index (χ3v) is 5.51. The smallest absolute Gasteiger partial charge is 0.251 e. The molecule has 0 saturated carbocycles. The van der Waals surface area contributed by atoms with Gasteiger partial charge in [0, 0.05) is 23.6 Å². The maximum Gasteiger partial charge on any atom is 0.251 e. The first-order valence-electron chi connectivity index (χ1n) is 9.37. The molecule has 2 aromatic carbocycles. The molecule has 27 heavy (non-hydrogen) atoms. The third-order valence-electron chi connectivity index (χ3n) is 4.48. The first-order valence-corrected chi connectivity index (χ1v) is 10.5. The molecule has 0 fully saturated rings. The summed E-state index contributed by atoms with van der Waals surface area (Å²) in [4.78, 5) is 25.0. The molecule has 0 aliphatic heterocycles. The number of hydrogen-bond donors (Lipinski definition) is 2. The lowest BCUT2D eigenvalue weighted by atomic mass is 9.98. The maximum absolute atomic E-state index is 12.6. The second-order valence-electron chi connectivity index (χ2n) is 6.53. The highest BCUT2D eigenvalue weighted by Gasteiger charge is 2.25. The van der Waals surface area contributed by atoms with Crippen molar-refractivity contribution in [2.75, 3.05) is 12.3 Å². The van der Waals surface area contributed by atoms with E-state index in [0.29, 0.717) is 12.1 Å². The van der Waals surface area contributed by atoms with Crippen LogP contribution in [0.3, 0.4) is 0 Å². The van der Waals surface area contributed by atoms with Crippen molar-refractivity contribution in [3.63, 3.8) is 0 Å². The van der Waals surface area contributed by atoms with E-state index in [0.717, 1.165) is 17.9 Å². The zero-order valence-electron chi connectivity index (χ0n) is 16.0. The Morgan fingerprint density at radius 2 is 1.63 bits per heavy atom. The molecule has 0 aliphatic rings. The quantitative estimate of drug-likeness (QED) is 0.611. The Morgan fingerprint density at radius 1 is 1.00 bits per heavy atom. The molecule has 2 aromatic rings. The van der Waals surface area contributed by atoms with Crippen LogP contribution in [0, 0.1) is 5.92 Å². The number of benzene rings is 2. The highest BCUT2D eigenvalue weighted by atomic mass is 32.2. The molecule has 5 heteroatoms. The van der Waals surface area contributed by atoms with Crippen molar-refractivity contribution in [2.24, 2.45) is 5.92 Å². The lowest BCUT2D eigenvalue weighted by molar-refractivity contribution is -0.124. The van der Waals surface area contributed by atoms with E-state index in [1.807, 2.05) is 50.2 Å². The maximum atomic E-state index is 12.6. The average Bonchev–Trinajstić information content (AvgIpc) is 2.72. The Balaban J connectivity index is 1.80. The van der Waals surface area contributed by atoms with Gasteiger partial charge in [0.1, 0.15) is 6.04 Å². The molecule has 0 bridgehead atoms. The van der Waals surface area contributed by atoms with Gasteiger partial charge in [-0.15, -0.1) is 0 Å². The molecule has 2 amide bonds. The van der Waals surface area contributed by atoms with Gasteiger partial charge in [0.05, 0.1) is 0 Å². The van der Waals surface area contributed by atoms with Crippen LogP contribution in [-0.2, 0) is 10.5 Å². The summed E-state index contributed by atoms with van der Waals surface area (Å²) in [6.45, 7) is 4.60. The van der Waals surface area contributed by atoms with Gasteiger partial charge in [-0.2, -0.15) is 11.8 Å². The zero-order chi connectivity index (χ0) is 19.5. The monoisotopic (exact) mass is 384 g/mol. The van der Waals surface area contributed by atoms with Crippen molar-refractivity contribution < 1.29 is 9.59 Å². The summed E-state index contributed by atoms with van der Waals surface area (Å²) in [5.74, 6) is 1.49. The topological polar surface area (TPSA) is 58.2 Å². The number of carbonyl (C=O) groups excluding carboxylic acids is 2. The lowest BCUT2D eigenvalue weighted by Crippen LogP contribution is -2.50. The Morgan fingerprint density at radius 3 is 2.26 bits per heavy atom. The number of rotatable bonds is 10. The molecule has 2 N–H and O–H groups in total. The predicted octanol–water partition coefficient (Wildman–Crippen LogP) is 3.88. The van der Waals surface area contributed by atoms with Crippen molar-refractivity contribution in [1.29, 1.82) is 0 Å². The lowest BCUT2D eigenvalue weighted by Gasteiger charge is -2.23. The summed E-state index contributed by atoms with van der Waals surface area (Å²) >= 11 is 1.78. The largest absolute Gasteiger partial charge is 0.353 e. The summed E-state index contributed by atoms with van der Waals surface area (Å²) in [7, 11) is 0. The van der Waals surface area contributed by atoms with Gasteiger partial charge in [0.25, 0.3) is 5.91 Å². The van der Waals surface area contributed by atoms with Gasteiger partial charge in [-0.25, -0.2) is 0 Å². The Kier molecular flexibility index (Phi) is 8.92. The van der Waals surface area contributed by atoms with Crippen molar-refractivity contribution in [2.45, 2.75) is 32.1 Å². The summed E-state index contributed by atoms with van der Waals surface area (Å²) in [5.41, 5.74) is 1.85. The molecule has 2 atom stereocenters. The van der Waals surface area contributed by atoms with E-state index in [1.165, 1.54) is 5.56 Å². The molecule has 0 radical (unpaired) electrons. The minimum Gasteiger partial charge on any atom is -0.353 e. The van der Waals surface area contributed by atoms with Crippen LogP contribution in [0.25, 0.3) is 0 Å². The molecule has 0 saturated heterocycles. The second-order valence-corrected chi connectivity index (χ2v) is 7.64. The zero-order valence-corrected chi connectivity index (χ0v) is 16.8. The molecule has 0 aliphatic carbocycles. The SMILES string of the molecule is CC[C@H](C)[C@H](NC(=O)c1ccccc1)C(=O)NCCSCc1ccccc1. The van der Waals surface area contributed by atoms with Crippen LogP contribution in [0.1, 0.15) is 36.2 Å². The molecular formula is C22H28N2O2S. The number of hydrogen-bond acceptors (Lipinski definition) is 3. The number of carbonyl (C=O) groups is 2. The van der Waals surface area contributed by atoms with E-state index >= 15 is 0 Å². The van der Waals surface area contributed by atoms with Crippen LogP contribution >= 0.6 is 11.8 Å². The van der Waals surface area contributed by atoms with Crippen LogP contribution < -0.4 is 10.6 Å². The fourth-order valence-electron chi connectivity index (χ4n) is 2.64. The molecule has 0 unspecified atom stereocenters. The molecule has 4 nitrogen and oxygen atoms in total. The van der Waals surface area contributed by atoms with Crippen LogP contribution in [0.2, 0.25) is 0 Å². The van der Waals surface area contributed by atoms with E-state index in [-0.39, 0.29) is 17.7 Å². The van der Waals surface area contributed by atoms with Crippen LogP contribution in [-0.4, -0.2) is 30.2 Å². The Bertz CT molecular complexity index is 707. The number of amides is 2. The molecule has 2 rings (SSSR count). The van der Waals surface area contributed by atoms with E-state index in [4.69, 9.17) is 0 Å². The minimum atomic E-state index is -0.526. The fourth-order valence-corrected chi connectivity index (χ4v) is 3.46. The standard InChI is InChI=1S/C22H28N2O2S/c1-3-17(2)20(24-21(25)19-12-8-5-9-13-19)22(26)23-14-15-27-16-18-10-6-4-7-11-18/h4-13,17,20H,3,14-16H2,1-2H3,(H,23,26)(H,24,25)/t17-,20-/m0/s1. The van der Waals surface area contributed by atoms with E-state index < -0.39 is 6.04 Å². The summed E-state index contributed by atoms with van der Waals surface area (Å²) in [6, 6.07) is 18.7. The average molecular weight is 385 g/mol. The summed E-state index contributed by atoms with van der Waals surface area (Å²) in [6.07, 6.45) is 0.815. The van der Waals surface area contributed by atoms with Gasteiger partial charge in [-0.1, -0.05) is 68.8 Å². The molecule has 0 spiro atoms. The Hall–Kier alpha value is -2.27. The minimum absolute atomic E-state index is 0.0645. The summed E-state index contributed by atoms with van der Waals surface area (Å²) < 4.78 is 0. The number of nitrogens with one attached hydrogen (secondary N) is 2. The predicted molar refractivity (Wildman–Crippen MR) is 113 cm³/mol. The molecular weight excluding hydrogens is 356 g/mol. The normalized spacial score (nSPS) is 12.8. The third kappa shape index (κ3) is 7.10. The van der Waals surface area contributed by atoms with Gasteiger partial charge in [0.2, 0.25) is 5.91 Å². The van der Waals surface area contributed by atoms with E-state index in [1.54, 1.807) is 23.9 Å². The van der Waals surface area contributed by atoms with Gasteiger partial charge >= 0.3 is 0 Å². The van der Waals surface area contributed by atoms with Gasteiger partial charge in [-0.3, -0.25) is 9.59 Å². The van der Waals surface area contributed by atoms with E-state index in [9.17, 15) is 9.59 Å². The Labute approximate surface area is 166 Å². The first kappa shape index (κ1) is 21.0. The van der Waals surface area contributed by atoms with E-state index in [2.05, 4.69) is 22.8 Å². The number of thioether (sulfide) groups is 1. The second kappa shape index (κ2) is 11.4. The van der Waals surface area contributed by atoms with Gasteiger partial charge < -0.3 is 10.6 Å². The molecule has 0 aromatic heterocycles. The van der Waals surface area contributed by atoms with Crippen LogP contribution in [0.15, 0.2) is 60.7 Å². The highest BCUT2D eigenvalue weighted by molar-refractivity contribution is 7.98. The van der Waals surface area contributed by atoms with Gasteiger partial charge in [0.15, 0.2) is 0 Å². The van der Waals surface area contributed by atoms with Crippen molar-refractivity contribution in [1.82, 2.24) is 10.6 Å².